The average Bonchev–Trinajstić information content (AvgIpc) is 1.61. The van der Waals surface area contributed by atoms with Crippen LogP contribution in [0.3, 0.4) is 0 Å². The van der Waals surface area contributed by atoms with Crippen molar-refractivity contribution < 1.29 is 90.9 Å². The van der Waals surface area contributed by atoms with Gasteiger partial charge in [0.25, 0.3) is 0 Å². The maximum Gasteiger partial charge on any atom is 0.537 e. The maximum atomic E-state index is 13.5. The summed E-state index contributed by atoms with van der Waals surface area (Å²) in [5.41, 5.74) is 1.91. The Morgan fingerprint density at radius 1 is 0.574 bits per heavy atom. The van der Waals surface area contributed by atoms with E-state index in [1.807, 2.05) is 122 Å². The molecule has 6 unspecified atom stereocenters. The summed E-state index contributed by atoms with van der Waals surface area (Å²) in [6.07, 6.45) is 5.24. The molecule has 6 aliphatic heterocycles. The number of hydrogen-bond donors (Lipinski definition) is 7. The minimum atomic E-state index is -1.16. The number of ether oxygens (including phenoxy) is 6. The van der Waals surface area contributed by atoms with E-state index in [0.29, 0.717) is 121 Å². The number of carboxylic acids is 1. The van der Waals surface area contributed by atoms with Gasteiger partial charge in [-0.1, -0.05) is 145 Å². The second-order valence-electron chi connectivity index (χ2n) is 40.2. The predicted molar refractivity (Wildman–Crippen MR) is 514 cm³/mol. The van der Waals surface area contributed by atoms with Gasteiger partial charge in [0.1, 0.15) is 62.1 Å². The van der Waals surface area contributed by atoms with Gasteiger partial charge < -0.3 is 98.0 Å². The number of amides is 2. The molecule has 6 aromatic rings. The van der Waals surface area contributed by atoms with Crippen molar-refractivity contribution in [1.29, 1.82) is 0 Å². The second-order valence-corrected chi connectivity index (χ2v) is 49.1. The Morgan fingerprint density at radius 2 is 0.977 bits per heavy atom. The number of esters is 2. The molecule has 6 aliphatic carbocycles. The Balaban J connectivity index is 0.000000169. The van der Waals surface area contributed by atoms with E-state index < -0.39 is 61.7 Å². The van der Waals surface area contributed by atoms with Gasteiger partial charge in [-0.25, -0.2) is 24.0 Å². The summed E-state index contributed by atoms with van der Waals surface area (Å²) in [6, 6.07) is 11.2. The number of aromatic carboxylic acids is 1. The molecule has 5 saturated heterocycles. The summed E-state index contributed by atoms with van der Waals surface area (Å²) in [5.74, 6) is 0.808. The fraction of sp³-hybridized carbons (Fsp3) is 0.670. The summed E-state index contributed by atoms with van der Waals surface area (Å²) in [4.78, 5) is 66.5. The fourth-order valence-electron chi connectivity index (χ4n) is 18.6. The van der Waals surface area contributed by atoms with Crippen LogP contribution in [-0.2, 0) is 56.8 Å². The number of carbonyl (C=O) groups excluding carboxylic acids is 4. The molecule has 3 aromatic carbocycles. The lowest BCUT2D eigenvalue weighted by Crippen LogP contribution is -2.65. The van der Waals surface area contributed by atoms with Gasteiger partial charge in [-0.05, 0) is 255 Å². The highest BCUT2D eigenvalue weighted by Crippen LogP contribution is 2.68. The van der Waals surface area contributed by atoms with E-state index >= 15 is 0 Å². The van der Waals surface area contributed by atoms with E-state index in [2.05, 4.69) is 123 Å². The van der Waals surface area contributed by atoms with E-state index in [4.69, 9.17) is 51.7 Å². The number of nitrogens with zero attached hydrogens (tertiary/aromatic N) is 8. The number of carbonyl (C=O) groups is 5. The van der Waals surface area contributed by atoms with Crippen molar-refractivity contribution in [3.8, 4) is 23.0 Å². The molecule has 9 heterocycles. The van der Waals surface area contributed by atoms with Crippen molar-refractivity contribution in [3.05, 3.63) is 80.9 Å². The van der Waals surface area contributed by atoms with Gasteiger partial charge >= 0.3 is 51.4 Å². The summed E-state index contributed by atoms with van der Waals surface area (Å²) in [6.45, 7) is 50.4. The molecule has 4 bridgehead atoms. The normalized spacial score (nSPS) is 24.5. The molecule has 0 spiro atoms. The highest BCUT2D eigenvalue weighted by molar-refractivity contribution is 14.1. The van der Waals surface area contributed by atoms with E-state index in [0.717, 1.165) is 67.2 Å². The van der Waals surface area contributed by atoms with Crippen LogP contribution in [-0.4, -0.2) is 243 Å². The summed E-state index contributed by atoms with van der Waals surface area (Å²) in [5, 5.41) is 71.6. The smallest absolute Gasteiger partial charge is 0.534 e. The van der Waals surface area contributed by atoms with Gasteiger partial charge in [-0.2, -0.15) is 0 Å². The number of carboxylic acid groups (broad SMARTS) is 1. The molecule has 0 radical (unpaired) electrons. The molecule has 11 atom stereocenters. The van der Waals surface area contributed by atoms with Crippen molar-refractivity contribution in [2.24, 2.45) is 34.5 Å². The number of alkyl halides is 1. The third kappa shape index (κ3) is 23.2. The first-order valence-corrected chi connectivity index (χ1v) is 51.2. The van der Waals surface area contributed by atoms with Gasteiger partial charge in [-0.15, -0.1) is 30.6 Å². The number of benzene rings is 3. The number of halogens is 1. The van der Waals surface area contributed by atoms with Crippen LogP contribution < -0.4 is 35.4 Å². The molecule has 129 heavy (non-hydrogen) atoms. The molecule has 6 saturated carbocycles. The molecule has 31 nitrogen and oxygen atoms in total. The Morgan fingerprint density at radius 3 is 1.40 bits per heavy atom. The zero-order valence-electron chi connectivity index (χ0n) is 78.2. The van der Waals surface area contributed by atoms with Gasteiger partial charge in [0.05, 0.1) is 70.2 Å². The first-order valence-electron chi connectivity index (χ1n) is 44.6. The quantitative estimate of drug-likeness (QED) is 0.00699. The van der Waals surface area contributed by atoms with Crippen LogP contribution >= 0.6 is 91.9 Å². The number of nitrogens with one attached hydrogen (secondary N) is 4. The third-order valence-electron chi connectivity index (χ3n) is 25.5. The zero-order chi connectivity index (χ0) is 93.7. The first kappa shape index (κ1) is 100. The molecule has 12 aliphatic rings. The number of hydrogen-bond acceptors (Lipinski definition) is 34. The number of likely N-dealkylation sites (tertiary alicyclic amines) is 2. The van der Waals surface area contributed by atoms with Crippen molar-refractivity contribution in [2.45, 2.75) is 297 Å². The number of phenolic OH excluding ortho intramolecular Hbond substituents is 1. The van der Waals surface area contributed by atoms with Gasteiger partial charge in [-0.3, -0.25) is 0 Å². The number of aromatic nitrogens is 6. The van der Waals surface area contributed by atoms with Gasteiger partial charge in [0, 0.05) is 39.3 Å². The van der Waals surface area contributed by atoms with Gasteiger partial charge in [0.15, 0.2) is 13.0 Å². The van der Waals surface area contributed by atoms with Crippen LogP contribution in [0.5, 0.6) is 23.0 Å². The zero-order valence-corrected chi connectivity index (χ0v) is 85.3. The molecular weight excluding hydrogens is 1880 g/mol. The van der Waals surface area contributed by atoms with Crippen LogP contribution in [0.15, 0.2) is 49.4 Å². The van der Waals surface area contributed by atoms with E-state index in [-0.39, 0.29) is 102 Å². The maximum absolute atomic E-state index is 13.5. The Bertz CT molecular complexity index is 5020. The first-order chi connectivity index (χ1) is 60.5. The Kier molecular flexibility index (Phi) is 30.9. The van der Waals surface area contributed by atoms with Gasteiger partial charge in [0.2, 0.25) is 15.4 Å². The molecule has 704 valence electrons. The highest BCUT2D eigenvalue weighted by atomic mass is 127. The van der Waals surface area contributed by atoms with Crippen molar-refractivity contribution >= 4 is 159 Å². The lowest BCUT2D eigenvalue weighted by Gasteiger charge is -2.64. The number of anilines is 3. The number of fused-ring (bicyclic) bond motifs is 1. The Hall–Kier alpha value is -6.38. The van der Waals surface area contributed by atoms with Crippen LogP contribution in [0.2, 0.25) is 0 Å². The molecule has 2 amide bonds. The molecule has 18 rings (SSSR count). The summed E-state index contributed by atoms with van der Waals surface area (Å²) < 4.78 is 70.3. The monoisotopic (exact) mass is 2010 g/mol. The minimum Gasteiger partial charge on any atom is -0.534 e. The SMILES string of the molecule is CCI.CCOc1ccc(C[C@H](Sc2nnc(NC3CN(C(=O)OC(C)(C)C)C3)s2)B2OC3CC4CC(C4(C)C)[C@]3(C)O2)c(C)c1C(=O)OC(C)(C)C.CCOc1ccc2c(c1C(=O)O)OB(O)[C@@H](Sc1nnc(NC3CNC3)s1)C2.Cc1c(C[C@H](Sc2nnc(NC3CN(C(=O)OC(C)(C)C)C3)s2)B2OC3CC4CC(C4(C)C)[C@]3(C)O2)ccc(O)c1C(=O)OC(C)(C)C. The lowest BCUT2D eigenvalue weighted by molar-refractivity contribution is -0.199. The predicted octanol–water partition coefficient (Wildman–Crippen LogP) is 16.3. The molecule has 41 heteroatoms. The topological polar surface area (TPSA) is 380 Å². The number of aromatic hydroxyl groups is 1. The van der Waals surface area contributed by atoms with E-state index in [1.54, 1.807) is 58.4 Å². The average molecular weight is 2010 g/mol. The molecule has 7 N–H and O–H groups in total. The largest absolute Gasteiger partial charge is 0.537 e. The third-order valence-corrected chi connectivity index (χ3v) is 32.0. The van der Waals surface area contributed by atoms with E-state index in [1.165, 1.54) is 56.6 Å². The fourth-order valence-corrected chi connectivity index (χ4v) is 25.2. The summed E-state index contributed by atoms with van der Waals surface area (Å²) >= 11 is 11.2. The minimum absolute atomic E-state index is 0.0128. The van der Waals surface area contributed by atoms with Crippen molar-refractivity contribution in [3.63, 3.8) is 0 Å². The van der Waals surface area contributed by atoms with Crippen LogP contribution in [0.25, 0.3) is 0 Å². The second kappa shape index (κ2) is 39.9. The van der Waals surface area contributed by atoms with E-state index in [9.17, 15) is 39.2 Å². The standard InChI is InChI=1S/C36H53BN4O7S2.C34H49BN4O7S2.C16H19BN4O5S2.C2H5I/c1-12-44-24-14-13-21(20(2)28(24)29(42)45-33(3,4)5)15-27(37-47-26-17-22-16-25(35(22,9)10)36(26,11)48-37)49-31-40-39-30(50-31)38-23-18-41(19-23)32(43)46-34(6,7)8;1-18-19(11-12-22(40)26(18)27(41)43-31(2,3)4)13-25(35-45-24-15-20-14-23(33(20,8)9)34(24,10)46-35)47-29-38-37-28(48-29)36-21-16-39(17-21)30(42)44-32(5,6)7;1-2-25-10-4-3-8-5-11(17(24)26-13(8)12(10)14(22)23)27-16-21-20-15(28-16)19-9-6-18-7-9;1-2-3/h13-14,22-23,25-27H,12,15-19H2,1-11H3,(H,38,39);11-12,20-21,23-25,40H,13-17H2,1-10H3,(H,36,37);3-4,9,11,18,24H,2,5-7H2,1H3,(H,19,20)(H,22,23);2H2,1H3/t22?,25?,26?,27-,36-;20?,23?,24?,25-,34-;11-;/m000./s1. The van der Waals surface area contributed by atoms with Crippen LogP contribution in [0.4, 0.5) is 25.0 Å². The number of rotatable bonds is 25. The molecule has 3 aromatic heterocycles. The number of thioether (sulfide) groups is 3. The molecule has 11 fully saturated rings. The number of phenols is 1. The van der Waals surface area contributed by atoms with Crippen LogP contribution in [0.1, 0.15) is 230 Å². The van der Waals surface area contributed by atoms with Crippen molar-refractivity contribution in [2.75, 3.05) is 72.9 Å². The molecular formula is C88H126B3IN12O19S6. The van der Waals surface area contributed by atoms with Crippen molar-refractivity contribution in [1.82, 2.24) is 45.7 Å². The lowest BCUT2D eigenvalue weighted by atomic mass is 9.43. The Labute approximate surface area is 797 Å². The van der Waals surface area contributed by atoms with Crippen LogP contribution in [0, 0.1) is 48.3 Å². The summed E-state index contributed by atoms with van der Waals surface area (Å²) in [7, 11) is -2.15. The highest BCUT2D eigenvalue weighted by Gasteiger charge is 2.70.